The molecule has 49 heavy (non-hydrogen) atoms. The van der Waals surface area contributed by atoms with Gasteiger partial charge in [-0.25, -0.2) is 0 Å². The number of benzene rings is 3. The van der Waals surface area contributed by atoms with E-state index in [1.165, 1.54) is 23.8 Å². The molecule has 3 aromatic carbocycles. The molecule has 7 heteroatoms. The average Bonchev–Trinajstić information content (AvgIpc) is 3.13. The number of Topliss-reactive ketones (excluding diaryl/α,β-unsaturated/α-hetero) is 1. The molecule has 2 bridgehead atoms. The van der Waals surface area contributed by atoms with Crippen LogP contribution in [-0.4, -0.2) is 48.8 Å². The van der Waals surface area contributed by atoms with E-state index in [4.69, 9.17) is 23.7 Å². The monoisotopic (exact) mass is 682 g/mol. The van der Waals surface area contributed by atoms with Crippen molar-refractivity contribution in [3.05, 3.63) is 130 Å². The Morgan fingerprint density at radius 2 is 1.39 bits per heavy atom. The van der Waals surface area contributed by atoms with Gasteiger partial charge < -0.3 is 23.7 Å². The third kappa shape index (κ3) is 9.01. The van der Waals surface area contributed by atoms with E-state index in [0.29, 0.717) is 55.2 Å². The molecule has 0 N–H and O–H groups in total. The van der Waals surface area contributed by atoms with Crippen LogP contribution in [0.1, 0.15) is 57.2 Å². The smallest absolute Gasteiger partial charge is 0.173 e. The second kappa shape index (κ2) is 16.8. The summed E-state index contributed by atoms with van der Waals surface area (Å²) in [7, 11) is 0. The van der Waals surface area contributed by atoms with Crippen molar-refractivity contribution in [1.82, 2.24) is 0 Å². The van der Waals surface area contributed by atoms with Crippen LogP contribution in [0.3, 0.4) is 0 Å². The fourth-order valence-corrected chi connectivity index (χ4v) is 8.43. The van der Waals surface area contributed by atoms with Crippen LogP contribution in [0.2, 0.25) is 0 Å². The number of hydrogen-bond acceptors (Lipinski definition) is 7. The molecule has 7 rings (SSSR count). The SMILES string of the molecule is C/C=C(\S[C@H]1[C@H](OCC2=C[C@@H]3C[C@H](C2)C3(C)C)O[C@H](COCc2ccccc2)[C@@H](OCc2ccccc2)[C@@H]1OCc1ccccc1)C(C)=O. The highest BCUT2D eigenvalue weighted by atomic mass is 32.2. The highest BCUT2D eigenvalue weighted by molar-refractivity contribution is 8.04. The van der Waals surface area contributed by atoms with Crippen LogP contribution in [0.5, 0.6) is 0 Å². The molecule has 0 radical (unpaired) electrons. The topological polar surface area (TPSA) is 63.2 Å². The second-order valence-corrected chi connectivity index (χ2v) is 15.3. The summed E-state index contributed by atoms with van der Waals surface area (Å²) in [5.74, 6) is 1.27. The molecule has 0 unspecified atom stereocenters. The summed E-state index contributed by atoms with van der Waals surface area (Å²) in [6.45, 7) is 10.2. The molecule has 3 aromatic rings. The van der Waals surface area contributed by atoms with Crippen LogP contribution >= 0.6 is 11.8 Å². The van der Waals surface area contributed by atoms with Gasteiger partial charge in [-0.1, -0.05) is 117 Å². The lowest BCUT2D eigenvalue weighted by atomic mass is 9.50. The molecule has 0 spiro atoms. The summed E-state index contributed by atoms with van der Waals surface area (Å²) in [5.41, 5.74) is 4.88. The number of thioether (sulfide) groups is 1. The molecule has 7 atom stereocenters. The Balaban J connectivity index is 1.30. The number of carbonyl (C=O) groups is 1. The summed E-state index contributed by atoms with van der Waals surface area (Å²) >= 11 is 1.47. The summed E-state index contributed by atoms with van der Waals surface area (Å²) in [5, 5.41) is -0.375. The molecular weight excluding hydrogens is 633 g/mol. The van der Waals surface area contributed by atoms with Gasteiger partial charge >= 0.3 is 0 Å². The molecular formula is C42H50O6S. The first kappa shape index (κ1) is 35.8. The van der Waals surface area contributed by atoms with Crippen LogP contribution in [-0.2, 0) is 48.3 Å². The summed E-state index contributed by atoms with van der Waals surface area (Å²) in [6.07, 6.45) is 4.49. The van der Waals surface area contributed by atoms with E-state index in [1.807, 2.05) is 67.6 Å². The molecule has 1 saturated carbocycles. The van der Waals surface area contributed by atoms with E-state index in [2.05, 4.69) is 56.3 Å². The second-order valence-electron chi connectivity index (χ2n) is 14.1. The van der Waals surface area contributed by atoms with Gasteiger partial charge in [0, 0.05) is 4.91 Å². The molecule has 6 nitrogen and oxygen atoms in total. The molecule has 0 aromatic heterocycles. The quantitative estimate of drug-likeness (QED) is 0.111. The molecule has 3 aliphatic carbocycles. The lowest BCUT2D eigenvalue weighted by molar-refractivity contribution is -0.272. The van der Waals surface area contributed by atoms with Crippen LogP contribution in [0.4, 0.5) is 0 Å². The predicted molar refractivity (Wildman–Crippen MR) is 195 cm³/mol. The van der Waals surface area contributed by atoms with Gasteiger partial charge in [0.2, 0.25) is 0 Å². The van der Waals surface area contributed by atoms with E-state index in [1.54, 1.807) is 6.92 Å². The third-order valence-electron chi connectivity index (χ3n) is 10.4. The van der Waals surface area contributed by atoms with E-state index < -0.39 is 24.6 Å². The minimum Gasteiger partial charge on any atom is -0.374 e. The fraction of sp³-hybridized carbons (Fsp3) is 0.452. The number of rotatable bonds is 16. The first-order valence-electron chi connectivity index (χ1n) is 17.5. The van der Waals surface area contributed by atoms with Crippen molar-refractivity contribution in [2.24, 2.45) is 17.3 Å². The molecule has 2 fully saturated rings. The molecule has 1 heterocycles. The molecule has 260 valence electrons. The van der Waals surface area contributed by atoms with Gasteiger partial charge in [-0.2, -0.15) is 0 Å². The van der Waals surface area contributed by atoms with E-state index in [9.17, 15) is 4.79 Å². The van der Waals surface area contributed by atoms with Crippen LogP contribution in [0.15, 0.2) is 114 Å². The van der Waals surface area contributed by atoms with Crippen molar-refractivity contribution in [1.29, 1.82) is 0 Å². The Kier molecular flexibility index (Phi) is 12.3. The van der Waals surface area contributed by atoms with Gasteiger partial charge in [-0.3, -0.25) is 4.79 Å². The number of ketones is 1. The lowest BCUT2D eigenvalue weighted by Gasteiger charge is -2.55. The molecule has 1 saturated heterocycles. The van der Waals surface area contributed by atoms with Gasteiger partial charge in [-0.15, -0.1) is 11.8 Å². The number of fused-ring (bicyclic) bond motifs is 1. The van der Waals surface area contributed by atoms with Crippen LogP contribution in [0, 0.1) is 17.3 Å². The van der Waals surface area contributed by atoms with Crippen molar-refractivity contribution >= 4 is 17.5 Å². The molecule has 4 aliphatic rings. The fourth-order valence-electron chi connectivity index (χ4n) is 7.22. The summed E-state index contributed by atoms with van der Waals surface area (Å²) in [4.78, 5) is 13.5. The van der Waals surface area contributed by atoms with Crippen molar-refractivity contribution in [2.75, 3.05) is 13.2 Å². The zero-order valence-electron chi connectivity index (χ0n) is 29.2. The highest BCUT2D eigenvalue weighted by Gasteiger charge is 2.51. The number of hydrogen-bond donors (Lipinski definition) is 0. The predicted octanol–water partition coefficient (Wildman–Crippen LogP) is 8.70. The first-order chi connectivity index (χ1) is 23.8. The zero-order valence-corrected chi connectivity index (χ0v) is 30.0. The van der Waals surface area contributed by atoms with E-state index >= 15 is 0 Å². The van der Waals surface area contributed by atoms with Crippen LogP contribution in [0.25, 0.3) is 0 Å². The van der Waals surface area contributed by atoms with Gasteiger partial charge in [0.15, 0.2) is 12.1 Å². The first-order valence-corrected chi connectivity index (χ1v) is 18.4. The Bertz CT molecular complexity index is 1560. The summed E-state index contributed by atoms with van der Waals surface area (Å²) < 4.78 is 33.6. The Morgan fingerprint density at radius 3 is 1.90 bits per heavy atom. The van der Waals surface area contributed by atoms with Gasteiger partial charge in [-0.05, 0) is 66.2 Å². The zero-order chi connectivity index (χ0) is 34.2. The largest absolute Gasteiger partial charge is 0.374 e. The van der Waals surface area contributed by atoms with Gasteiger partial charge in [0.05, 0.1) is 38.3 Å². The maximum atomic E-state index is 12.8. The lowest BCUT2D eigenvalue weighted by Crippen LogP contribution is -2.60. The number of ether oxygens (including phenoxy) is 5. The van der Waals surface area contributed by atoms with Crippen molar-refractivity contribution in [2.45, 2.75) is 90.2 Å². The molecule has 1 aliphatic heterocycles. The molecule has 0 amide bonds. The highest BCUT2D eigenvalue weighted by Crippen LogP contribution is 2.58. The van der Waals surface area contributed by atoms with E-state index in [-0.39, 0.29) is 11.0 Å². The average molecular weight is 683 g/mol. The number of carbonyl (C=O) groups excluding carboxylic acids is 1. The minimum absolute atomic E-state index is 0.000407. The maximum absolute atomic E-state index is 12.8. The standard InChI is InChI=1S/C42H50O6S/c1-5-37(29(2)43)49-40-39(46-26-32-19-13-8-14-20-32)38(45-25-31-17-11-7-12-18-31)36(28-44-24-30-15-9-6-10-16-30)48-41(40)47-27-33-21-34-23-35(22-33)42(34,3)4/h5-21,34-36,38-41H,22-28H2,1-4H3/b37-5-/t34-,35+,36-,38-,39+,40-,41-/m1/s1. The maximum Gasteiger partial charge on any atom is 0.173 e. The van der Waals surface area contributed by atoms with Gasteiger partial charge in [0.25, 0.3) is 0 Å². The third-order valence-corrected chi connectivity index (χ3v) is 11.9. The van der Waals surface area contributed by atoms with E-state index in [0.717, 1.165) is 23.1 Å². The van der Waals surface area contributed by atoms with Crippen molar-refractivity contribution in [3.8, 4) is 0 Å². The van der Waals surface area contributed by atoms with Crippen LogP contribution < -0.4 is 0 Å². The summed E-state index contributed by atoms with van der Waals surface area (Å²) in [6, 6.07) is 30.4. The Morgan fingerprint density at radius 1 is 0.816 bits per heavy atom. The van der Waals surface area contributed by atoms with Crippen molar-refractivity contribution < 1.29 is 28.5 Å². The number of allylic oxidation sites excluding steroid dienone is 3. The van der Waals surface area contributed by atoms with Crippen molar-refractivity contribution in [3.63, 3.8) is 0 Å². The van der Waals surface area contributed by atoms with Gasteiger partial charge in [0.1, 0.15) is 18.3 Å². The normalized spacial score (nSPS) is 27.6. The Hall–Kier alpha value is -3.04. The minimum atomic E-state index is -0.658. The Labute approximate surface area is 296 Å².